The van der Waals surface area contributed by atoms with Crippen LogP contribution in [0.25, 0.3) is 0 Å². The number of rotatable bonds is 0. The van der Waals surface area contributed by atoms with Crippen LogP contribution in [0.5, 0.6) is 0 Å². The van der Waals surface area contributed by atoms with Crippen molar-refractivity contribution >= 4 is 8.41 Å². The molecule has 0 aromatic rings. The van der Waals surface area contributed by atoms with Gasteiger partial charge in [0.2, 0.25) is 0 Å². The fourth-order valence-electron chi connectivity index (χ4n) is 0. The van der Waals surface area contributed by atoms with Gasteiger partial charge in [-0.25, -0.2) is 0 Å². The van der Waals surface area contributed by atoms with Crippen molar-refractivity contribution in [1.82, 2.24) is 0 Å². The van der Waals surface area contributed by atoms with Gasteiger partial charge in [-0.2, -0.15) is 0 Å². The minimum Gasteiger partial charge on any atom is -0.855 e. The summed E-state index contributed by atoms with van der Waals surface area (Å²) < 4.78 is 0. The van der Waals surface area contributed by atoms with Gasteiger partial charge in [0.15, 0.2) is 0 Å². The summed E-state index contributed by atoms with van der Waals surface area (Å²) in [5, 5.41) is 8.93. The fourth-order valence-corrected chi connectivity index (χ4v) is 0. The van der Waals surface area contributed by atoms with Crippen LogP contribution in [0.15, 0.2) is 0 Å². The maximum atomic E-state index is 8.93. The van der Waals surface area contributed by atoms with Crippen molar-refractivity contribution in [3.05, 3.63) is 0 Å². The van der Waals surface area contributed by atoms with Gasteiger partial charge in [0.1, 0.15) is 0 Å². The standard InChI is InChI=1S/C2H5O.BH3.Na/c1-2-3;;/h2H2,1H3;1H3;/q-1;;+1. The Morgan fingerprint density at radius 2 is 1.60 bits per heavy atom. The van der Waals surface area contributed by atoms with Crippen molar-refractivity contribution in [3.63, 3.8) is 0 Å². The molecule has 0 atom stereocenters. The van der Waals surface area contributed by atoms with Gasteiger partial charge in [0, 0.05) is 0 Å². The molecule has 1 nitrogen and oxygen atoms in total. The molecule has 0 aromatic heterocycles. The van der Waals surface area contributed by atoms with E-state index in [1.165, 1.54) is 0 Å². The van der Waals surface area contributed by atoms with Crippen LogP contribution in [0.2, 0.25) is 0 Å². The second-order valence-electron chi connectivity index (χ2n) is 0.289. The van der Waals surface area contributed by atoms with E-state index in [0.717, 1.165) is 0 Å². The monoisotopic (exact) mass is 82.1 g/mol. The SMILES string of the molecule is B.CC[O-].[Na+]. The van der Waals surface area contributed by atoms with Crippen molar-refractivity contribution < 1.29 is 34.7 Å². The van der Waals surface area contributed by atoms with Crippen LogP contribution >= 0.6 is 0 Å². The predicted molar refractivity (Wildman–Crippen MR) is 20.5 cm³/mol. The molecule has 0 unspecified atom stereocenters. The Bertz CT molecular complexity index is 9.61. The van der Waals surface area contributed by atoms with Gasteiger partial charge in [0.05, 0.1) is 8.41 Å². The van der Waals surface area contributed by atoms with E-state index in [0.29, 0.717) is 0 Å². The topological polar surface area (TPSA) is 23.1 Å². The number of hydrogen-bond acceptors (Lipinski definition) is 1. The predicted octanol–water partition coefficient (Wildman–Crippen LogP) is -4.81. The van der Waals surface area contributed by atoms with Crippen LogP contribution in [0, 0.1) is 0 Å². The van der Waals surface area contributed by atoms with Crippen LogP contribution in [0.4, 0.5) is 0 Å². The zero-order chi connectivity index (χ0) is 2.71. The van der Waals surface area contributed by atoms with Gasteiger partial charge in [0.25, 0.3) is 0 Å². The molecule has 0 saturated heterocycles. The smallest absolute Gasteiger partial charge is 0.855 e. The average Bonchev–Trinajstić information content (AvgIpc) is 0.918. The zero-order valence-electron chi connectivity index (χ0n) is 3.12. The van der Waals surface area contributed by atoms with Gasteiger partial charge in [-0.05, 0) is 0 Å². The van der Waals surface area contributed by atoms with Gasteiger partial charge < -0.3 is 5.11 Å². The van der Waals surface area contributed by atoms with Crippen LogP contribution in [-0.4, -0.2) is 15.0 Å². The summed E-state index contributed by atoms with van der Waals surface area (Å²) in [5.41, 5.74) is 0. The van der Waals surface area contributed by atoms with Crippen molar-refractivity contribution in [2.45, 2.75) is 6.92 Å². The molecule has 5 heavy (non-hydrogen) atoms. The molecule has 0 aliphatic heterocycles. The second-order valence-corrected chi connectivity index (χ2v) is 0.289. The molecule has 0 heterocycles. The van der Waals surface area contributed by atoms with E-state index in [2.05, 4.69) is 0 Å². The van der Waals surface area contributed by atoms with Crippen LogP contribution < -0.4 is 34.7 Å². The average molecular weight is 81.9 g/mol. The van der Waals surface area contributed by atoms with Crippen LogP contribution in [0.3, 0.4) is 0 Å². The summed E-state index contributed by atoms with van der Waals surface area (Å²) in [5.74, 6) is 0. The van der Waals surface area contributed by atoms with E-state index < -0.39 is 0 Å². The van der Waals surface area contributed by atoms with E-state index in [1.807, 2.05) is 0 Å². The molecule has 0 saturated carbocycles. The molecule has 0 aliphatic rings. The first-order valence-electron chi connectivity index (χ1n) is 0.996. The quantitative estimate of drug-likeness (QED) is 0.269. The molecule has 0 radical (unpaired) electrons. The molecule has 0 rings (SSSR count). The molecule has 0 N–H and O–H groups in total. The summed E-state index contributed by atoms with van der Waals surface area (Å²) in [6.07, 6.45) is 0. The molecule has 3 heteroatoms. The van der Waals surface area contributed by atoms with Crippen molar-refractivity contribution in [2.24, 2.45) is 0 Å². The first kappa shape index (κ1) is 16.6. The molecular formula is C2H8BNaO. The maximum Gasteiger partial charge on any atom is 1.00 e. The molecule has 0 fully saturated rings. The molecule has 0 aromatic carbocycles. The van der Waals surface area contributed by atoms with Gasteiger partial charge >= 0.3 is 29.6 Å². The van der Waals surface area contributed by atoms with Crippen molar-refractivity contribution in [1.29, 1.82) is 0 Å². The minimum absolute atomic E-state index is 0. The molecule has 0 amide bonds. The second kappa shape index (κ2) is 19.9. The Kier molecular flexibility index (Phi) is 66.0. The third-order valence-electron chi connectivity index (χ3n) is 0. The van der Waals surface area contributed by atoms with E-state index in [9.17, 15) is 0 Å². The third-order valence-corrected chi connectivity index (χ3v) is 0. The third kappa shape index (κ3) is 43.8. The molecule has 0 bridgehead atoms. The summed E-state index contributed by atoms with van der Waals surface area (Å²) in [7, 11) is 0. The fraction of sp³-hybridized carbons (Fsp3) is 1.00. The first-order valence-corrected chi connectivity index (χ1v) is 0.996. The zero-order valence-corrected chi connectivity index (χ0v) is 5.12. The Morgan fingerprint density at radius 1 is 1.60 bits per heavy atom. The van der Waals surface area contributed by atoms with Crippen LogP contribution in [0.1, 0.15) is 6.92 Å². The largest absolute Gasteiger partial charge is 1.00 e. The minimum atomic E-state index is 0. The Morgan fingerprint density at radius 3 is 1.60 bits per heavy atom. The van der Waals surface area contributed by atoms with E-state index >= 15 is 0 Å². The summed E-state index contributed by atoms with van der Waals surface area (Å²) >= 11 is 0. The molecular weight excluding hydrogens is 73.8 g/mol. The molecule has 26 valence electrons. The first-order chi connectivity index (χ1) is 1.41. The van der Waals surface area contributed by atoms with Crippen LogP contribution in [-0.2, 0) is 0 Å². The molecule has 0 spiro atoms. The van der Waals surface area contributed by atoms with E-state index in [-0.39, 0.29) is 44.6 Å². The maximum absolute atomic E-state index is 8.93. The van der Waals surface area contributed by atoms with Gasteiger partial charge in [-0.1, -0.05) is 6.92 Å². The van der Waals surface area contributed by atoms with E-state index in [1.54, 1.807) is 6.92 Å². The van der Waals surface area contributed by atoms with E-state index in [4.69, 9.17) is 5.11 Å². The van der Waals surface area contributed by atoms with Crippen molar-refractivity contribution in [3.8, 4) is 0 Å². The number of hydrogen-bond donors (Lipinski definition) is 0. The summed E-state index contributed by atoms with van der Waals surface area (Å²) in [4.78, 5) is 0. The normalized spacial score (nSPS) is 3.60. The summed E-state index contributed by atoms with van der Waals surface area (Å²) in [6.45, 7) is 1.57. The van der Waals surface area contributed by atoms with Gasteiger partial charge in [-0.15, -0.1) is 6.61 Å². The Labute approximate surface area is 56.6 Å². The Hall–Kier alpha value is 1.02. The molecule has 0 aliphatic carbocycles. The summed E-state index contributed by atoms with van der Waals surface area (Å²) in [6, 6.07) is 0. The van der Waals surface area contributed by atoms with Crippen molar-refractivity contribution in [2.75, 3.05) is 6.61 Å². The van der Waals surface area contributed by atoms with Gasteiger partial charge in [-0.3, -0.25) is 0 Å². The Balaban J connectivity index is -0.0000000200.